The molecular weight excluding hydrogens is 749 g/mol. The normalized spacial score (nSPS) is 14.9. The van der Waals surface area contributed by atoms with Crippen LogP contribution in [0.25, 0.3) is 93.1 Å². The number of nitrogens with zero attached hydrogens (tertiary/aromatic N) is 4. The second-order valence-electron chi connectivity index (χ2n) is 15.8. The molecule has 4 nitrogen and oxygen atoms in total. The molecule has 0 saturated heterocycles. The molecule has 0 fully saturated rings. The Morgan fingerprint density at radius 1 is 0.567 bits per heavy atom. The molecule has 0 saturated carbocycles. The zero-order chi connectivity index (χ0) is 39.6. The van der Waals surface area contributed by atoms with Crippen molar-refractivity contribution in [2.75, 3.05) is 0 Å². The first-order valence-electron chi connectivity index (χ1n) is 20.8. The molecule has 60 heavy (non-hydrogen) atoms. The lowest BCUT2D eigenvalue weighted by molar-refractivity contribution is 0.825. The Morgan fingerprint density at radius 2 is 1.22 bits per heavy atom. The van der Waals surface area contributed by atoms with Crippen LogP contribution in [0.5, 0.6) is 0 Å². The van der Waals surface area contributed by atoms with Gasteiger partial charge in [0.2, 0.25) is 0 Å². The van der Waals surface area contributed by atoms with Gasteiger partial charge in [0.1, 0.15) is 0 Å². The number of hydrogen-bond acceptors (Lipinski definition) is 4. The fourth-order valence-corrected chi connectivity index (χ4v) is 10.7. The molecule has 0 aliphatic heterocycles. The minimum absolute atomic E-state index is 0.285. The van der Waals surface area contributed by atoms with Gasteiger partial charge in [0.15, 0.2) is 17.5 Å². The minimum Gasteiger partial charge on any atom is -0.309 e. The van der Waals surface area contributed by atoms with Crippen molar-refractivity contribution in [2.45, 2.75) is 25.2 Å². The van der Waals surface area contributed by atoms with Gasteiger partial charge >= 0.3 is 0 Å². The summed E-state index contributed by atoms with van der Waals surface area (Å²) in [5, 5.41) is 6.57. The smallest absolute Gasteiger partial charge is 0.164 e. The predicted octanol–water partition coefficient (Wildman–Crippen LogP) is 14.4. The molecule has 0 bridgehead atoms. The van der Waals surface area contributed by atoms with Gasteiger partial charge in [-0.2, -0.15) is 0 Å². The fourth-order valence-electron chi connectivity index (χ4n) is 9.38. The summed E-state index contributed by atoms with van der Waals surface area (Å²) in [4.78, 5) is 15.1. The van der Waals surface area contributed by atoms with Crippen molar-refractivity contribution in [1.29, 1.82) is 0 Å². The van der Waals surface area contributed by atoms with E-state index in [0.717, 1.165) is 47.5 Å². The molecule has 0 spiro atoms. The number of hydrogen-bond donors (Lipinski definition) is 0. The van der Waals surface area contributed by atoms with Crippen molar-refractivity contribution in [3.63, 3.8) is 0 Å². The number of fused-ring (bicyclic) bond motifs is 10. The number of thiophene rings is 1. The summed E-state index contributed by atoms with van der Waals surface area (Å²) in [7, 11) is 0. The third-order valence-electron chi connectivity index (χ3n) is 12.3. The van der Waals surface area contributed by atoms with E-state index in [4.69, 9.17) is 15.0 Å². The highest BCUT2D eigenvalue weighted by molar-refractivity contribution is 7.27. The molecule has 0 radical (unpaired) electrons. The maximum atomic E-state index is 5.08. The van der Waals surface area contributed by atoms with Crippen molar-refractivity contribution in [3.05, 3.63) is 205 Å². The molecule has 7 aromatic carbocycles. The number of benzene rings is 7. The third kappa shape index (κ3) is 5.76. The summed E-state index contributed by atoms with van der Waals surface area (Å²) in [6.07, 6.45) is 14.0. The van der Waals surface area contributed by atoms with Crippen molar-refractivity contribution in [1.82, 2.24) is 19.5 Å². The first-order valence-corrected chi connectivity index (χ1v) is 21.6. The van der Waals surface area contributed by atoms with Crippen molar-refractivity contribution < 1.29 is 0 Å². The van der Waals surface area contributed by atoms with E-state index in [1.54, 1.807) is 0 Å². The van der Waals surface area contributed by atoms with Crippen LogP contribution in [-0.2, 0) is 6.42 Å². The SMILES string of the molecule is C1=CCCC(c2nc(-c3ccccc3)nc(-c3ccc(-n4c5c(c6c7sc8ccc(-c9ccccc9)cc8c7c7ccccc7c64)CC(c4ccccc4)C=C5)cc3)n2)=C1. The van der Waals surface area contributed by atoms with Crippen LogP contribution in [0.2, 0.25) is 0 Å². The maximum Gasteiger partial charge on any atom is 0.164 e. The van der Waals surface area contributed by atoms with Crippen LogP contribution in [0.4, 0.5) is 0 Å². The largest absolute Gasteiger partial charge is 0.309 e. The van der Waals surface area contributed by atoms with Gasteiger partial charge in [-0.15, -0.1) is 11.3 Å². The van der Waals surface area contributed by atoms with Crippen LogP contribution < -0.4 is 0 Å². The zero-order valence-electron chi connectivity index (χ0n) is 32.8. The number of aromatic nitrogens is 4. The molecule has 3 heterocycles. The Balaban J connectivity index is 1.08. The summed E-state index contributed by atoms with van der Waals surface area (Å²) in [5.41, 5.74) is 11.9. The maximum absolute atomic E-state index is 5.08. The molecule has 2 aliphatic carbocycles. The van der Waals surface area contributed by atoms with Crippen LogP contribution in [0.1, 0.15) is 41.4 Å². The molecule has 2 aliphatic rings. The summed E-state index contributed by atoms with van der Waals surface area (Å²) in [6, 6.07) is 56.8. The molecule has 12 rings (SSSR count). The molecule has 0 amide bonds. The quantitative estimate of drug-likeness (QED) is 0.169. The zero-order valence-corrected chi connectivity index (χ0v) is 33.6. The van der Waals surface area contributed by atoms with E-state index in [1.807, 2.05) is 29.5 Å². The summed E-state index contributed by atoms with van der Waals surface area (Å²) < 4.78 is 5.18. The van der Waals surface area contributed by atoms with Gasteiger partial charge < -0.3 is 4.57 Å². The standard InChI is InChI=1S/C55H38N4S/c1-5-15-35(16-6-1)40-27-31-47-45(33-40)50-51(44-24-14-13-23-43(44)49-46-34-41(36-17-7-2-8-18-36)28-32-48(46)60-52(49)50)59(47)42-29-25-39(26-30-42)55-57-53(37-19-9-3-10-20-37)56-54(58-55)38-21-11-4-12-22-38/h1-11,13-21,23-32,34,40H,12,22,33H2. The Hall–Kier alpha value is -7.21. The van der Waals surface area contributed by atoms with Gasteiger partial charge in [0, 0.05) is 59.4 Å². The number of rotatable bonds is 6. The van der Waals surface area contributed by atoms with E-state index in [2.05, 4.69) is 174 Å². The highest BCUT2D eigenvalue weighted by atomic mass is 32.1. The van der Waals surface area contributed by atoms with Crippen LogP contribution in [0.15, 0.2) is 182 Å². The average molecular weight is 787 g/mol. The first kappa shape index (κ1) is 34.8. The second-order valence-corrected chi connectivity index (χ2v) is 16.9. The van der Waals surface area contributed by atoms with Gasteiger partial charge in [0.05, 0.1) is 5.52 Å². The van der Waals surface area contributed by atoms with E-state index < -0.39 is 0 Å². The van der Waals surface area contributed by atoms with Gasteiger partial charge in [-0.25, -0.2) is 15.0 Å². The molecule has 1 unspecified atom stereocenters. The Bertz CT molecular complexity index is 3370. The van der Waals surface area contributed by atoms with Crippen LogP contribution >= 0.6 is 11.3 Å². The van der Waals surface area contributed by atoms with Crippen molar-refractivity contribution in [2.24, 2.45) is 0 Å². The van der Waals surface area contributed by atoms with Crippen LogP contribution in [0, 0.1) is 0 Å². The molecule has 10 aromatic rings. The van der Waals surface area contributed by atoms with E-state index in [1.165, 1.54) is 69.8 Å². The van der Waals surface area contributed by atoms with Crippen LogP contribution in [-0.4, -0.2) is 19.5 Å². The first-order chi connectivity index (χ1) is 29.7. The monoisotopic (exact) mass is 786 g/mol. The van der Waals surface area contributed by atoms with Crippen LogP contribution in [0.3, 0.4) is 0 Å². The van der Waals surface area contributed by atoms with E-state index in [9.17, 15) is 0 Å². The Kier molecular flexibility index (Phi) is 8.27. The second kappa shape index (κ2) is 14.3. The third-order valence-corrected chi connectivity index (χ3v) is 13.5. The van der Waals surface area contributed by atoms with Crippen molar-refractivity contribution >= 4 is 64.8 Å². The lowest BCUT2D eigenvalue weighted by atomic mass is 9.86. The molecule has 5 heteroatoms. The highest BCUT2D eigenvalue weighted by Gasteiger charge is 2.28. The van der Waals surface area contributed by atoms with Crippen molar-refractivity contribution in [3.8, 4) is 39.6 Å². The molecular formula is C55H38N4S. The molecule has 0 N–H and O–H groups in total. The van der Waals surface area contributed by atoms with Gasteiger partial charge in [-0.05, 0) is 94.9 Å². The number of allylic oxidation sites excluding steroid dienone is 5. The summed E-state index contributed by atoms with van der Waals surface area (Å²) >= 11 is 1.93. The Labute approximate surface area is 352 Å². The summed E-state index contributed by atoms with van der Waals surface area (Å²) in [6.45, 7) is 0. The molecule has 284 valence electrons. The van der Waals surface area contributed by atoms with Gasteiger partial charge in [0.25, 0.3) is 0 Å². The average Bonchev–Trinajstić information content (AvgIpc) is 3.89. The lowest BCUT2D eigenvalue weighted by Crippen LogP contribution is -2.07. The Morgan fingerprint density at radius 3 is 1.95 bits per heavy atom. The lowest BCUT2D eigenvalue weighted by Gasteiger charge is -2.19. The van der Waals surface area contributed by atoms with Gasteiger partial charge in [-0.1, -0.05) is 146 Å². The minimum atomic E-state index is 0.285. The van der Waals surface area contributed by atoms with E-state index in [0.29, 0.717) is 11.6 Å². The molecule has 1 atom stereocenters. The summed E-state index contributed by atoms with van der Waals surface area (Å²) in [5.74, 6) is 2.39. The highest BCUT2D eigenvalue weighted by Crippen LogP contribution is 2.50. The van der Waals surface area contributed by atoms with E-state index in [-0.39, 0.29) is 5.92 Å². The predicted molar refractivity (Wildman–Crippen MR) is 252 cm³/mol. The van der Waals surface area contributed by atoms with E-state index >= 15 is 0 Å². The molecule has 3 aromatic heterocycles. The van der Waals surface area contributed by atoms with Gasteiger partial charge in [-0.3, -0.25) is 0 Å². The topological polar surface area (TPSA) is 43.6 Å². The fraction of sp³-hybridized carbons (Fsp3) is 0.0727.